The molecule has 2 atom stereocenters. The molecular weight excluding hydrogens is 287 g/mol. The predicted molar refractivity (Wildman–Crippen MR) is 57.0 cm³/mol. The lowest BCUT2D eigenvalue weighted by molar-refractivity contribution is 0.216. The molecule has 2 rings (SSSR count). The van der Waals surface area contributed by atoms with Gasteiger partial charge >= 0.3 is 0 Å². The van der Waals surface area contributed by atoms with Crippen molar-refractivity contribution in [2.45, 2.75) is 16.6 Å². The van der Waals surface area contributed by atoms with Crippen LogP contribution >= 0.6 is 34.1 Å². The zero-order chi connectivity index (χ0) is 8.39. The van der Waals surface area contributed by atoms with Crippen molar-refractivity contribution >= 4 is 34.1 Å². The van der Waals surface area contributed by atoms with E-state index < -0.39 is 0 Å². The molecule has 0 bridgehead atoms. The van der Waals surface area contributed by atoms with E-state index in [1.54, 1.807) is 0 Å². The van der Waals surface area contributed by atoms with Gasteiger partial charge in [-0.2, -0.15) is 4.37 Å². The molecule has 0 saturated carbocycles. The Morgan fingerprint density at radius 1 is 1.75 bits per heavy atom. The first-order chi connectivity index (χ1) is 5.84. The molecule has 1 fully saturated rings. The molecule has 1 N–H and O–H groups in total. The first-order valence-electron chi connectivity index (χ1n) is 3.79. The van der Waals surface area contributed by atoms with Crippen molar-refractivity contribution in [3.8, 4) is 5.88 Å². The summed E-state index contributed by atoms with van der Waals surface area (Å²) in [7, 11) is 0. The quantitative estimate of drug-likeness (QED) is 0.512. The van der Waals surface area contributed by atoms with Crippen LogP contribution in [0.2, 0.25) is 0 Å². The van der Waals surface area contributed by atoms with E-state index in [2.05, 4.69) is 32.3 Å². The van der Waals surface area contributed by atoms with Crippen LogP contribution in [0.3, 0.4) is 0 Å². The molecule has 1 aromatic rings. The maximum Gasteiger partial charge on any atom is 0.225 e. The highest BCUT2D eigenvalue weighted by atomic mass is 127. The van der Waals surface area contributed by atoms with E-state index in [1.807, 2.05) is 11.4 Å². The van der Waals surface area contributed by atoms with Crippen LogP contribution in [-0.2, 0) is 0 Å². The van der Waals surface area contributed by atoms with E-state index in [1.165, 1.54) is 11.5 Å². The van der Waals surface area contributed by atoms with Crippen molar-refractivity contribution < 1.29 is 4.74 Å². The van der Waals surface area contributed by atoms with Gasteiger partial charge < -0.3 is 10.1 Å². The van der Waals surface area contributed by atoms with E-state index >= 15 is 0 Å². The molecule has 0 aliphatic carbocycles. The van der Waals surface area contributed by atoms with Crippen LogP contribution < -0.4 is 10.1 Å². The van der Waals surface area contributed by atoms with Gasteiger partial charge in [0, 0.05) is 24.4 Å². The fourth-order valence-electron chi connectivity index (χ4n) is 1.18. The maximum atomic E-state index is 5.62. The number of halogens is 1. The van der Waals surface area contributed by atoms with Crippen LogP contribution in [0.5, 0.6) is 5.88 Å². The second-order valence-corrected chi connectivity index (χ2v) is 4.86. The van der Waals surface area contributed by atoms with Crippen LogP contribution in [0, 0.1) is 0 Å². The number of hydrogen-bond acceptors (Lipinski definition) is 4. The number of hydrogen-bond donors (Lipinski definition) is 1. The van der Waals surface area contributed by atoms with Crippen LogP contribution in [-0.4, -0.2) is 21.1 Å². The Kier molecular flexibility index (Phi) is 2.82. The number of rotatable bonds is 2. The summed E-state index contributed by atoms with van der Waals surface area (Å²) < 4.78 is 10.3. The van der Waals surface area contributed by atoms with Gasteiger partial charge in [-0.05, 0) is 11.5 Å². The standard InChI is InChI=1S/C7H9IN2OS/c8-6-3-5(4-9-6)11-7-1-2-12-10-7/h1-2,5-6,9H,3-4H2/t5-,6-/m1/s1. The Bertz CT molecular complexity index is 242. The van der Waals surface area contributed by atoms with Gasteiger partial charge in [-0.15, -0.1) is 0 Å². The fourth-order valence-corrected chi connectivity index (χ4v) is 2.45. The first-order valence-corrected chi connectivity index (χ1v) is 5.87. The van der Waals surface area contributed by atoms with Crippen LogP contribution in [0.1, 0.15) is 6.42 Å². The summed E-state index contributed by atoms with van der Waals surface area (Å²) in [6, 6.07) is 1.91. The van der Waals surface area contributed by atoms with Gasteiger partial charge in [0.05, 0.1) is 4.05 Å². The zero-order valence-electron chi connectivity index (χ0n) is 6.37. The summed E-state index contributed by atoms with van der Waals surface area (Å²) in [6.07, 6.45) is 1.37. The summed E-state index contributed by atoms with van der Waals surface area (Å²) in [6.45, 7) is 0.936. The lowest BCUT2D eigenvalue weighted by atomic mass is 10.3. The number of aromatic nitrogens is 1. The van der Waals surface area contributed by atoms with E-state index in [9.17, 15) is 0 Å². The average molecular weight is 296 g/mol. The second-order valence-electron chi connectivity index (χ2n) is 2.69. The van der Waals surface area contributed by atoms with Crippen molar-refractivity contribution in [2.24, 2.45) is 0 Å². The lowest BCUT2D eigenvalue weighted by Gasteiger charge is -2.08. The zero-order valence-corrected chi connectivity index (χ0v) is 9.34. The van der Waals surface area contributed by atoms with Gasteiger partial charge in [0.2, 0.25) is 5.88 Å². The molecule has 12 heavy (non-hydrogen) atoms. The van der Waals surface area contributed by atoms with Crippen LogP contribution in [0.4, 0.5) is 0 Å². The Labute approximate surface area is 88.8 Å². The highest BCUT2D eigenvalue weighted by molar-refractivity contribution is 14.1. The van der Waals surface area contributed by atoms with Crippen molar-refractivity contribution in [1.29, 1.82) is 0 Å². The summed E-state index contributed by atoms with van der Waals surface area (Å²) in [5.74, 6) is 0.761. The molecule has 0 unspecified atom stereocenters. The number of alkyl halides is 1. The molecule has 0 radical (unpaired) electrons. The largest absolute Gasteiger partial charge is 0.472 e. The van der Waals surface area contributed by atoms with Crippen molar-refractivity contribution in [1.82, 2.24) is 9.69 Å². The minimum absolute atomic E-state index is 0.300. The van der Waals surface area contributed by atoms with Crippen LogP contribution in [0.25, 0.3) is 0 Å². The number of nitrogens with one attached hydrogen (secondary N) is 1. The van der Waals surface area contributed by atoms with Gasteiger partial charge in [-0.1, -0.05) is 22.6 Å². The van der Waals surface area contributed by atoms with Crippen molar-refractivity contribution in [3.05, 3.63) is 11.4 Å². The first kappa shape index (κ1) is 8.71. The van der Waals surface area contributed by atoms with Gasteiger partial charge in [0.1, 0.15) is 6.10 Å². The molecule has 66 valence electrons. The lowest BCUT2D eigenvalue weighted by Crippen LogP contribution is -2.20. The monoisotopic (exact) mass is 296 g/mol. The minimum atomic E-state index is 0.300. The molecule has 1 aliphatic rings. The molecule has 0 amide bonds. The van der Waals surface area contributed by atoms with Gasteiger partial charge in [-0.25, -0.2) is 0 Å². The predicted octanol–water partition coefficient (Wildman–Crippen LogP) is 1.64. The average Bonchev–Trinajstić information content (AvgIpc) is 2.63. The molecule has 1 aromatic heterocycles. The summed E-state index contributed by atoms with van der Waals surface area (Å²) in [4.78, 5) is 0. The highest BCUT2D eigenvalue weighted by Crippen LogP contribution is 2.18. The van der Waals surface area contributed by atoms with Crippen LogP contribution in [0.15, 0.2) is 11.4 Å². The molecule has 1 saturated heterocycles. The van der Waals surface area contributed by atoms with E-state index in [0.717, 1.165) is 18.8 Å². The highest BCUT2D eigenvalue weighted by Gasteiger charge is 2.23. The Morgan fingerprint density at radius 2 is 2.67 bits per heavy atom. The SMILES string of the molecule is I[C@H]1C[C@@H](Oc2ccsn2)CN1. The molecule has 1 aliphatic heterocycles. The molecule has 5 heteroatoms. The molecule has 0 aromatic carbocycles. The summed E-state index contributed by atoms with van der Waals surface area (Å²) >= 11 is 3.81. The Balaban J connectivity index is 1.88. The van der Waals surface area contributed by atoms with E-state index in [0.29, 0.717) is 10.2 Å². The topological polar surface area (TPSA) is 34.1 Å². The second kappa shape index (κ2) is 3.89. The third-order valence-electron chi connectivity index (χ3n) is 1.74. The summed E-state index contributed by atoms with van der Waals surface area (Å²) in [5, 5.41) is 5.25. The fraction of sp³-hybridized carbons (Fsp3) is 0.571. The summed E-state index contributed by atoms with van der Waals surface area (Å²) in [5.41, 5.74) is 0. The number of ether oxygens (including phenoxy) is 1. The Morgan fingerprint density at radius 3 is 3.25 bits per heavy atom. The molecule has 0 spiro atoms. The van der Waals surface area contributed by atoms with E-state index in [4.69, 9.17) is 4.74 Å². The smallest absolute Gasteiger partial charge is 0.225 e. The molecule has 3 nitrogen and oxygen atoms in total. The normalized spacial score (nSPS) is 29.1. The van der Waals surface area contributed by atoms with Crippen molar-refractivity contribution in [2.75, 3.05) is 6.54 Å². The number of nitrogens with zero attached hydrogens (tertiary/aromatic N) is 1. The van der Waals surface area contributed by atoms with Gasteiger partial charge in [0.15, 0.2) is 0 Å². The molecular formula is C7H9IN2OS. The van der Waals surface area contributed by atoms with E-state index in [-0.39, 0.29) is 0 Å². The third-order valence-corrected chi connectivity index (χ3v) is 3.23. The third kappa shape index (κ3) is 2.08. The van der Waals surface area contributed by atoms with Crippen molar-refractivity contribution in [3.63, 3.8) is 0 Å². The maximum absolute atomic E-state index is 5.62. The van der Waals surface area contributed by atoms with Gasteiger partial charge in [0.25, 0.3) is 0 Å². The van der Waals surface area contributed by atoms with Gasteiger partial charge in [-0.3, -0.25) is 0 Å². The Hall–Kier alpha value is 0.120. The molecule has 2 heterocycles. The minimum Gasteiger partial charge on any atom is -0.472 e.